The van der Waals surface area contributed by atoms with E-state index in [1.54, 1.807) is 26.0 Å². The maximum Gasteiger partial charge on any atom is 0.323 e. The van der Waals surface area contributed by atoms with Gasteiger partial charge in [-0.2, -0.15) is 10.2 Å². The Morgan fingerprint density at radius 1 is 1.17 bits per heavy atom. The highest BCUT2D eigenvalue weighted by Crippen LogP contribution is 2.22. The van der Waals surface area contributed by atoms with Crippen molar-refractivity contribution in [2.24, 2.45) is 0 Å². The molecule has 202 valence electrons. The Hall–Kier alpha value is -2.13. The van der Waals surface area contributed by atoms with E-state index in [2.05, 4.69) is 31.5 Å². The van der Waals surface area contributed by atoms with Gasteiger partial charge in [-0.1, -0.05) is 17.7 Å². The van der Waals surface area contributed by atoms with E-state index in [0.29, 0.717) is 17.5 Å². The first-order valence-corrected chi connectivity index (χ1v) is 13.7. The quantitative estimate of drug-likeness (QED) is 0.164. The highest BCUT2D eigenvalue weighted by molar-refractivity contribution is 7.89. The summed E-state index contributed by atoms with van der Waals surface area (Å²) in [4.78, 5) is 29.8. The lowest BCUT2D eigenvalue weighted by Crippen LogP contribution is -2.49. The Labute approximate surface area is 212 Å². The van der Waals surface area contributed by atoms with Crippen LogP contribution >= 0.6 is 0 Å². The zero-order valence-electron chi connectivity index (χ0n) is 21.0. The number of carbonyl (C=O) groups is 2. The first-order valence-electron chi connectivity index (χ1n) is 12.3. The molecule has 2 aliphatic heterocycles. The molecule has 3 rings (SSSR count). The highest BCUT2D eigenvalue weighted by atomic mass is 32.2. The van der Waals surface area contributed by atoms with Crippen molar-refractivity contribution in [3.8, 4) is 0 Å². The van der Waals surface area contributed by atoms with Crippen LogP contribution in [0.5, 0.6) is 0 Å². The molecule has 7 N–H and O–H groups in total. The van der Waals surface area contributed by atoms with E-state index in [9.17, 15) is 23.1 Å². The Morgan fingerprint density at radius 3 is 2.47 bits per heavy atom. The molecule has 1 aromatic carbocycles. The van der Waals surface area contributed by atoms with E-state index in [0.717, 1.165) is 38.0 Å². The van der Waals surface area contributed by atoms with Crippen molar-refractivity contribution in [2.75, 3.05) is 26.2 Å². The van der Waals surface area contributed by atoms with Crippen molar-refractivity contribution in [1.82, 2.24) is 31.5 Å². The fourth-order valence-electron chi connectivity index (χ4n) is 4.66. The minimum Gasteiger partial charge on any atom is -0.480 e. The summed E-state index contributed by atoms with van der Waals surface area (Å²) < 4.78 is 28.1. The second kappa shape index (κ2) is 12.9. The van der Waals surface area contributed by atoms with Gasteiger partial charge >= 0.3 is 5.97 Å². The third kappa shape index (κ3) is 8.20. The maximum absolute atomic E-state index is 12.9. The average Bonchev–Trinajstić information content (AvgIpc) is 3.45. The SMILES string of the molecule is Cc1cc(C)c(S(=O)(=O)NC(CNC(=O)CC2CC(CCCNC3NCCN3)ON2)C(=O)O)c(C)c1. The monoisotopic (exact) mass is 526 g/mol. The number of carboxylic acid groups (broad SMARTS) is 1. The fourth-order valence-corrected chi connectivity index (χ4v) is 6.30. The van der Waals surface area contributed by atoms with Crippen LogP contribution in [0.25, 0.3) is 0 Å². The Morgan fingerprint density at radius 2 is 1.83 bits per heavy atom. The number of nitrogens with one attached hydrogen (secondary N) is 6. The summed E-state index contributed by atoms with van der Waals surface area (Å²) in [5.41, 5.74) is 4.83. The van der Waals surface area contributed by atoms with Crippen LogP contribution in [0.3, 0.4) is 0 Å². The third-order valence-corrected chi connectivity index (χ3v) is 8.00. The van der Waals surface area contributed by atoms with Crippen molar-refractivity contribution in [2.45, 2.75) is 75.8 Å². The van der Waals surface area contributed by atoms with Gasteiger partial charge < -0.3 is 10.4 Å². The average molecular weight is 527 g/mol. The Balaban J connectivity index is 1.42. The standard InChI is InChI=1S/C23H38N6O6S/c1-14-9-15(2)21(16(3)10-14)36(33,34)29-19(22(31)32)13-27-20(30)12-17-11-18(35-28-17)5-4-6-24-23-25-7-8-26-23/h9-10,17-19,23-26,28-29H,4-8,11-13H2,1-3H3,(H,27,30)(H,31,32). The lowest BCUT2D eigenvalue weighted by molar-refractivity contribution is -0.138. The first-order chi connectivity index (χ1) is 17.0. The van der Waals surface area contributed by atoms with E-state index in [1.165, 1.54) is 0 Å². The lowest BCUT2D eigenvalue weighted by atomic mass is 10.0. The molecule has 2 heterocycles. The number of carbonyl (C=O) groups excluding carboxylic acids is 1. The molecule has 0 spiro atoms. The summed E-state index contributed by atoms with van der Waals surface area (Å²) in [6, 6.07) is 1.75. The second-order valence-electron chi connectivity index (χ2n) is 9.48. The van der Waals surface area contributed by atoms with Crippen molar-refractivity contribution < 1.29 is 28.0 Å². The van der Waals surface area contributed by atoms with Gasteiger partial charge in [0.15, 0.2) is 0 Å². The fraction of sp³-hybridized carbons (Fsp3) is 0.652. The van der Waals surface area contributed by atoms with Crippen molar-refractivity contribution in [3.05, 3.63) is 28.8 Å². The number of carboxylic acids is 1. The second-order valence-corrected chi connectivity index (χ2v) is 11.1. The number of hydrogen-bond donors (Lipinski definition) is 7. The van der Waals surface area contributed by atoms with Gasteiger partial charge in [0.25, 0.3) is 0 Å². The number of aryl methyl sites for hydroxylation is 3. The molecule has 36 heavy (non-hydrogen) atoms. The Bertz CT molecular complexity index is 1010. The molecule has 13 heteroatoms. The van der Waals surface area contributed by atoms with Crippen LogP contribution in [0.2, 0.25) is 0 Å². The predicted molar refractivity (Wildman–Crippen MR) is 133 cm³/mol. The molecule has 12 nitrogen and oxygen atoms in total. The molecule has 0 aliphatic carbocycles. The molecule has 0 radical (unpaired) electrons. The normalized spacial score (nSPS) is 21.5. The molecule has 2 fully saturated rings. The Kier molecular flexibility index (Phi) is 10.2. The molecule has 0 bridgehead atoms. The minimum atomic E-state index is -4.10. The van der Waals surface area contributed by atoms with Gasteiger partial charge in [0.05, 0.1) is 11.0 Å². The van der Waals surface area contributed by atoms with Crippen molar-refractivity contribution in [3.63, 3.8) is 0 Å². The molecule has 1 amide bonds. The summed E-state index contributed by atoms with van der Waals surface area (Å²) >= 11 is 0. The highest BCUT2D eigenvalue weighted by Gasteiger charge is 2.30. The number of benzene rings is 1. The molecule has 3 unspecified atom stereocenters. The minimum absolute atomic E-state index is 0.00587. The van der Waals surface area contributed by atoms with Crippen LogP contribution in [0.4, 0.5) is 0 Å². The molecular formula is C23H38N6O6S. The molecule has 2 saturated heterocycles. The largest absolute Gasteiger partial charge is 0.480 e. The van der Waals surface area contributed by atoms with Gasteiger partial charge in [0.1, 0.15) is 12.3 Å². The van der Waals surface area contributed by atoms with E-state index >= 15 is 0 Å². The zero-order chi connectivity index (χ0) is 26.3. The molecular weight excluding hydrogens is 488 g/mol. The molecule has 1 aromatic rings. The number of aliphatic carboxylic acids is 1. The predicted octanol–water partition coefficient (Wildman–Crippen LogP) is -0.642. The molecule has 3 atom stereocenters. The van der Waals surface area contributed by atoms with Crippen LogP contribution < -0.4 is 31.5 Å². The van der Waals surface area contributed by atoms with Gasteiger partial charge in [0.2, 0.25) is 15.9 Å². The van der Waals surface area contributed by atoms with E-state index in [-0.39, 0.29) is 42.2 Å². The van der Waals surface area contributed by atoms with Crippen LogP contribution in [0, 0.1) is 20.8 Å². The number of amides is 1. The summed E-state index contributed by atoms with van der Waals surface area (Å²) in [5, 5.41) is 22.0. The number of hydrogen-bond acceptors (Lipinski definition) is 9. The summed E-state index contributed by atoms with van der Waals surface area (Å²) in [6.07, 6.45) is 2.66. The molecule has 2 aliphatic rings. The van der Waals surface area contributed by atoms with Crippen LogP contribution in [-0.2, 0) is 24.4 Å². The maximum atomic E-state index is 12.9. The van der Waals surface area contributed by atoms with Gasteiger partial charge in [-0.15, -0.1) is 0 Å². The van der Waals surface area contributed by atoms with Gasteiger partial charge in [0, 0.05) is 32.1 Å². The number of sulfonamides is 1. The first kappa shape index (κ1) is 28.4. The summed E-state index contributed by atoms with van der Waals surface area (Å²) in [5.74, 6) is -1.76. The number of hydroxylamine groups is 1. The smallest absolute Gasteiger partial charge is 0.323 e. The van der Waals surface area contributed by atoms with E-state index in [4.69, 9.17) is 4.84 Å². The van der Waals surface area contributed by atoms with Gasteiger partial charge in [-0.3, -0.25) is 30.4 Å². The summed E-state index contributed by atoms with van der Waals surface area (Å²) in [7, 11) is -4.10. The summed E-state index contributed by atoms with van der Waals surface area (Å²) in [6.45, 7) is 7.54. The van der Waals surface area contributed by atoms with E-state index in [1.807, 2.05) is 6.92 Å². The van der Waals surface area contributed by atoms with Gasteiger partial charge in [-0.05, 0) is 57.7 Å². The van der Waals surface area contributed by atoms with Crippen LogP contribution in [-0.4, -0.2) is 76.1 Å². The molecule has 0 saturated carbocycles. The van der Waals surface area contributed by atoms with Gasteiger partial charge in [-0.25, -0.2) is 8.42 Å². The topological polar surface area (TPSA) is 170 Å². The third-order valence-electron chi connectivity index (χ3n) is 6.23. The van der Waals surface area contributed by atoms with Crippen LogP contribution in [0.15, 0.2) is 17.0 Å². The van der Waals surface area contributed by atoms with Crippen LogP contribution in [0.1, 0.15) is 42.4 Å². The van der Waals surface area contributed by atoms with E-state index < -0.39 is 22.0 Å². The zero-order valence-corrected chi connectivity index (χ0v) is 21.8. The van der Waals surface area contributed by atoms with Crippen molar-refractivity contribution >= 4 is 21.9 Å². The number of rotatable bonds is 13. The van der Waals surface area contributed by atoms with Crippen molar-refractivity contribution in [1.29, 1.82) is 0 Å². The molecule has 0 aromatic heterocycles. The lowest BCUT2D eigenvalue weighted by Gasteiger charge is -2.18.